The lowest BCUT2D eigenvalue weighted by Crippen LogP contribution is -2.19. The fourth-order valence-corrected chi connectivity index (χ4v) is 3.65. The first-order valence-corrected chi connectivity index (χ1v) is 12.5. The summed E-state index contributed by atoms with van der Waals surface area (Å²) in [4.78, 5) is 0. The van der Waals surface area contributed by atoms with Gasteiger partial charge in [0.25, 0.3) is 0 Å². The molecule has 0 saturated carbocycles. The van der Waals surface area contributed by atoms with E-state index in [0.29, 0.717) is 0 Å². The van der Waals surface area contributed by atoms with E-state index < -0.39 is 0 Å². The highest BCUT2D eigenvalue weighted by molar-refractivity contribution is 5.50. The molecule has 3 heteroatoms. The second-order valence-electron chi connectivity index (χ2n) is 11.0. The molecule has 0 heterocycles. The van der Waals surface area contributed by atoms with Gasteiger partial charge in [0.05, 0.1) is 13.2 Å². The molecular weight excluding hydrogens is 406 g/mol. The normalized spacial score (nSPS) is 12.5. The van der Waals surface area contributed by atoms with Gasteiger partial charge in [0.1, 0.15) is 5.75 Å². The molecule has 0 radical (unpaired) electrons. The molecule has 0 fully saturated rings. The second-order valence-corrected chi connectivity index (χ2v) is 11.0. The van der Waals surface area contributed by atoms with Crippen LogP contribution in [0.3, 0.4) is 0 Å². The molecule has 0 atom stereocenters. The standard InChI is InChI=1S/C30H45NO2/c1-29(2,3)26-20-25(21-27(22-26)30(4,5)6)23-31-17-9-7-8-10-19-33-28-15-13-24(14-16-28)12-11-18-32/h11-16,20-22,31-32H,7-10,17-19,23H2,1-6H3/b12-11+. The van der Waals surface area contributed by atoms with E-state index in [2.05, 4.69) is 65.1 Å². The lowest BCUT2D eigenvalue weighted by atomic mass is 9.79. The second kappa shape index (κ2) is 13.0. The zero-order chi connectivity index (χ0) is 24.3. The highest BCUT2D eigenvalue weighted by atomic mass is 16.5. The summed E-state index contributed by atoms with van der Waals surface area (Å²) in [5, 5.41) is 12.5. The summed E-state index contributed by atoms with van der Waals surface area (Å²) in [7, 11) is 0. The zero-order valence-electron chi connectivity index (χ0n) is 21.7. The van der Waals surface area contributed by atoms with Crippen molar-refractivity contribution < 1.29 is 9.84 Å². The Morgan fingerprint density at radius 1 is 0.818 bits per heavy atom. The van der Waals surface area contributed by atoms with E-state index in [1.165, 1.54) is 36.0 Å². The van der Waals surface area contributed by atoms with Gasteiger partial charge in [0.15, 0.2) is 0 Å². The van der Waals surface area contributed by atoms with Gasteiger partial charge in [0.2, 0.25) is 0 Å². The van der Waals surface area contributed by atoms with Crippen molar-refractivity contribution in [3.63, 3.8) is 0 Å². The van der Waals surface area contributed by atoms with Crippen LogP contribution >= 0.6 is 0 Å². The van der Waals surface area contributed by atoms with Gasteiger partial charge in [-0.05, 0) is 64.6 Å². The van der Waals surface area contributed by atoms with Crippen LogP contribution in [0.5, 0.6) is 5.75 Å². The molecule has 0 aliphatic carbocycles. The zero-order valence-corrected chi connectivity index (χ0v) is 21.7. The minimum atomic E-state index is 0.0658. The SMILES string of the molecule is CC(C)(C)c1cc(CNCCCCCCOc2ccc(/C=C/CO)cc2)cc(C(C)(C)C)c1. The summed E-state index contributed by atoms with van der Waals surface area (Å²) in [5.74, 6) is 0.907. The first-order chi connectivity index (χ1) is 15.6. The smallest absolute Gasteiger partial charge is 0.119 e. The minimum Gasteiger partial charge on any atom is -0.494 e. The Morgan fingerprint density at radius 2 is 1.42 bits per heavy atom. The van der Waals surface area contributed by atoms with Crippen LogP contribution in [-0.2, 0) is 17.4 Å². The van der Waals surface area contributed by atoms with Gasteiger partial charge in [-0.1, -0.05) is 96.9 Å². The van der Waals surface area contributed by atoms with Crippen molar-refractivity contribution in [1.29, 1.82) is 0 Å². The average Bonchev–Trinajstić information content (AvgIpc) is 2.76. The predicted octanol–water partition coefficient (Wildman–Crippen LogP) is 7.02. The number of ether oxygens (including phenoxy) is 1. The van der Waals surface area contributed by atoms with E-state index in [0.717, 1.165) is 37.4 Å². The summed E-state index contributed by atoms with van der Waals surface area (Å²) < 4.78 is 5.84. The molecule has 33 heavy (non-hydrogen) atoms. The van der Waals surface area contributed by atoms with Crippen LogP contribution in [0.15, 0.2) is 48.5 Å². The van der Waals surface area contributed by atoms with E-state index in [9.17, 15) is 0 Å². The summed E-state index contributed by atoms with van der Waals surface area (Å²) in [6.45, 7) is 16.6. The highest BCUT2D eigenvalue weighted by Crippen LogP contribution is 2.30. The molecule has 0 spiro atoms. The van der Waals surface area contributed by atoms with Gasteiger partial charge >= 0.3 is 0 Å². The Kier molecular flexibility index (Phi) is 10.7. The lowest BCUT2D eigenvalue weighted by Gasteiger charge is -2.26. The molecule has 0 aliphatic heterocycles. The highest BCUT2D eigenvalue weighted by Gasteiger charge is 2.20. The molecule has 2 aromatic rings. The molecule has 0 aromatic heterocycles. The molecule has 0 unspecified atom stereocenters. The number of benzene rings is 2. The van der Waals surface area contributed by atoms with Gasteiger partial charge in [-0.15, -0.1) is 0 Å². The number of aliphatic hydroxyl groups is 1. The van der Waals surface area contributed by atoms with Gasteiger partial charge in [-0.3, -0.25) is 0 Å². The lowest BCUT2D eigenvalue weighted by molar-refractivity contribution is 0.304. The Morgan fingerprint density at radius 3 is 2.00 bits per heavy atom. The third-order valence-corrected chi connectivity index (χ3v) is 5.87. The first kappa shape index (κ1) is 27.1. The van der Waals surface area contributed by atoms with E-state index in [1.807, 2.05) is 30.3 Å². The number of hydrogen-bond acceptors (Lipinski definition) is 3. The first-order valence-electron chi connectivity index (χ1n) is 12.5. The van der Waals surface area contributed by atoms with Crippen LogP contribution in [0, 0.1) is 0 Å². The largest absolute Gasteiger partial charge is 0.494 e. The summed E-state index contributed by atoms with van der Waals surface area (Å²) in [6.07, 6.45) is 8.31. The Labute approximate surface area is 202 Å². The average molecular weight is 452 g/mol. The van der Waals surface area contributed by atoms with Crippen LogP contribution in [0.4, 0.5) is 0 Å². The van der Waals surface area contributed by atoms with Crippen molar-refractivity contribution in [2.75, 3.05) is 19.8 Å². The third-order valence-electron chi connectivity index (χ3n) is 5.87. The predicted molar refractivity (Wildman–Crippen MR) is 142 cm³/mol. The van der Waals surface area contributed by atoms with E-state index in [-0.39, 0.29) is 17.4 Å². The Bertz CT molecular complexity index is 822. The molecule has 2 rings (SSSR count). The van der Waals surface area contributed by atoms with Crippen molar-refractivity contribution in [3.8, 4) is 5.75 Å². The van der Waals surface area contributed by atoms with Crippen molar-refractivity contribution in [2.45, 2.75) is 84.6 Å². The molecule has 0 aliphatic rings. The quantitative estimate of drug-likeness (QED) is 0.341. The van der Waals surface area contributed by atoms with Gasteiger partial charge < -0.3 is 15.2 Å². The Balaban J connectivity index is 1.65. The summed E-state index contributed by atoms with van der Waals surface area (Å²) in [6, 6.07) is 15.1. The van der Waals surface area contributed by atoms with Crippen molar-refractivity contribution >= 4 is 6.08 Å². The van der Waals surface area contributed by atoms with Crippen molar-refractivity contribution in [2.24, 2.45) is 0 Å². The number of unbranched alkanes of at least 4 members (excludes halogenated alkanes) is 3. The monoisotopic (exact) mass is 451 g/mol. The maximum atomic E-state index is 8.83. The van der Waals surface area contributed by atoms with Crippen LogP contribution < -0.4 is 10.1 Å². The van der Waals surface area contributed by atoms with Crippen LogP contribution in [0.25, 0.3) is 6.08 Å². The van der Waals surface area contributed by atoms with Crippen LogP contribution in [0.2, 0.25) is 0 Å². The van der Waals surface area contributed by atoms with Crippen molar-refractivity contribution in [1.82, 2.24) is 5.32 Å². The van der Waals surface area contributed by atoms with E-state index in [4.69, 9.17) is 9.84 Å². The van der Waals surface area contributed by atoms with Crippen LogP contribution in [0.1, 0.15) is 89.5 Å². The molecule has 2 N–H and O–H groups in total. The molecule has 0 amide bonds. The molecular formula is C30H45NO2. The van der Waals surface area contributed by atoms with Crippen LogP contribution in [-0.4, -0.2) is 24.9 Å². The minimum absolute atomic E-state index is 0.0658. The molecule has 0 saturated heterocycles. The Hall–Kier alpha value is -2.10. The number of nitrogens with one attached hydrogen (secondary N) is 1. The van der Waals surface area contributed by atoms with E-state index >= 15 is 0 Å². The maximum Gasteiger partial charge on any atom is 0.119 e. The number of rotatable bonds is 12. The third kappa shape index (κ3) is 10.1. The van der Waals surface area contributed by atoms with Crippen molar-refractivity contribution in [3.05, 3.63) is 70.8 Å². The van der Waals surface area contributed by atoms with Gasteiger partial charge in [-0.2, -0.15) is 0 Å². The number of hydrogen-bond donors (Lipinski definition) is 2. The summed E-state index contributed by atoms with van der Waals surface area (Å²) in [5.41, 5.74) is 5.63. The fourth-order valence-electron chi connectivity index (χ4n) is 3.65. The topological polar surface area (TPSA) is 41.5 Å². The fraction of sp³-hybridized carbons (Fsp3) is 0.533. The molecule has 2 aromatic carbocycles. The molecule has 3 nitrogen and oxygen atoms in total. The summed E-state index contributed by atoms with van der Waals surface area (Å²) >= 11 is 0. The molecule has 182 valence electrons. The van der Waals surface area contributed by atoms with Gasteiger partial charge in [-0.25, -0.2) is 0 Å². The maximum absolute atomic E-state index is 8.83. The van der Waals surface area contributed by atoms with Gasteiger partial charge in [0, 0.05) is 6.54 Å². The number of aliphatic hydroxyl groups excluding tert-OH is 1. The van der Waals surface area contributed by atoms with E-state index in [1.54, 1.807) is 6.08 Å². The molecule has 0 bridgehead atoms.